The van der Waals surface area contributed by atoms with Crippen LogP contribution in [-0.2, 0) is 10.8 Å². The molecule has 0 saturated heterocycles. The smallest absolute Gasteiger partial charge is 0.252 e. The number of anilines is 7. The third-order valence-electron chi connectivity index (χ3n) is 18.1. The largest absolute Gasteiger partial charge is 0.335 e. The van der Waals surface area contributed by atoms with E-state index in [1.165, 1.54) is 141 Å². The topological polar surface area (TPSA) is 9.72 Å². The maximum absolute atomic E-state index is 2.92. The van der Waals surface area contributed by atoms with Crippen molar-refractivity contribution in [2.24, 2.45) is 0 Å². The first-order chi connectivity index (χ1) is 31.0. The van der Waals surface area contributed by atoms with Crippen LogP contribution < -0.4 is 31.1 Å². The summed E-state index contributed by atoms with van der Waals surface area (Å²) in [7, 11) is 0. The molecule has 6 aliphatic rings. The van der Waals surface area contributed by atoms with Gasteiger partial charge in [-0.1, -0.05) is 149 Å². The molecule has 4 heterocycles. The second kappa shape index (κ2) is 13.3. The molecule has 0 bridgehead atoms. The lowest BCUT2D eigenvalue weighted by Crippen LogP contribution is -2.64. The number of hydrogen-bond donors (Lipinski definition) is 0. The zero-order chi connectivity index (χ0) is 43.3. The van der Waals surface area contributed by atoms with Gasteiger partial charge < -0.3 is 14.7 Å². The van der Waals surface area contributed by atoms with Gasteiger partial charge >= 0.3 is 0 Å². The van der Waals surface area contributed by atoms with Crippen LogP contribution in [-0.4, -0.2) is 17.8 Å². The first kappa shape index (κ1) is 38.5. The molecule has 2 fully saturated rings. The van der Waals surface area contributed by atoms with Gasteiger partial charge in [-0.2, -0.15) is 0 Å². The Bertz CT molecular complexity index is 3070. The van der Waals surface area contributed by atoms with Crippen molar-refractivity contribution >= 4 is 62.9 Å². The van der Waals surface area contributed by atoms with Crippen molar-refractivity contribution in [1.82, 2.24) is 0 Å². The minimum atomic E-state index is -0.0716. The normalized spacial score (nSPS) is 25.6. The van der Waals surface area contributed by atoms with Crippen LogP contribution in [0.1, 0.15) is 101 Å². The van der Waals surface area contributed by atoms with E-state index in [2.05, 4.69) is 202 Å². The van der Waals surface area contributed by atoms with Crippen molar-refractivity contribution in [2.75, 3.05) is 14.7 Å². The molecule has 4 heteroatoms. The van der Waals surface area contributed by atoms with Crippen LogP contribution >= 0.6 is 0 Å². The van der Waals surface area contributed by atoms with Crippen molar-refractivity contribution in [3.8, 4) is 22.3 Å². The molecule has 2 saturated carbocycles. The van der Waals surface area contributed by atoms with Crippen LogP contribution in [0.2, 0.25) is 0 Å². The molecule has 64 heavy (non-hydrogen) atoms. The summed E-state index contributed by atoms with van der Waals surface area (Å²) in [6, 6.07) is 56.3. The van der Waals surface area contributed by atoms with Crippen LogP contribution in [0.15, 0.2) is 146 Å². The van der Waals surface area contributed by atoms with E-state index in [-0.39, 0.29) is 28.6 Å². The molecule has 0 amide bonds. The Morgan fingerprint density at radius 1 is 0.453 bits per heavy atom. The van der Waals surface area contributed by atoms with Crippen molar-refractivity contribution in [1.29, 1.82) is 0 Å². The molecule has 0 radical (unpaired) electrons. The molecule has 4 atom stereocenters. The van der Waals surface area contributed by atoms with Gasteiger partial charge in [-0.3, -0.25) is 0 Å². The highest BCUT2D eigenvalue weighted by Crippen LogP contribution is 2.65. The Hall–Kier alpha value is -6.00. The molecule has 0 aromatic heterocycles. The molecule has 3 nitrogen and oxygen atoms in total. The van der Waals surface area contributed by atoms with E-state index >= 15 is 0 Å². The second-order valence-corrected chi connectivity index (χ2v) is 21.2. The van der Waals surface area contributed by atoms with Crippen molar-refractivity contribution in [2.45, 2.75) is 115 Å². The molecule has 7 aromatic carbocycles. The summed E-state index contributed by atoms with van der Waals surface area (Å²) in [5, 5.41) is 0. The summed E-state index contributed by atoms with van der Waals surface area (Å²) in [4.78, 5) is 8.42. The Morgan fingerprint density at radius 2 is 1.06 bits per heavy atom. The van der Waals surface area contributed by atoms with Crippen molar-refractivity contribution < 1.29 is 0 Å². The molecule has 13 rings (SSSR count). The van der Waals surface area contributed by atoms with Gasteiger partial charge in [-0.15, -0.1) is 0 Å². The lowest BCUT2D eigenvalue weighted by Gasteiger charge is -2.53. The molecule has 7 aromatic rings. The van der Waals surface area contributed by atoms with Gasteiger partial charge in [0.05, 0.1) is 11.1 Å². The Kier molecular flexibility index (Phi) is 7.98. The van der Waals surface area contributed by atoms with E-state index in [0.717, 1.165) is 0 Å². The first-order valence-electron chi connectivity index (χ1n) is 24.2. The predicted molar refractivity (Wildman–Crippen MR) is 272 cm³/mol. The van der Waals surface area contributed by atoms with E-state index in [9.17, 15) is 0 Å². The number of benzene rings is 7. The van der Waals surface area contributed by atoms with Gasteiger partial charge in [0.25, 0.3) is 6.71 Å². The number of rotatable bonds is 4. The molecular weight excluding hydrogens is 773 g/mol. The average molecular weight is 832 g/mol. The Labute approximate surface area is 380 Å². The number of nitrogens with zero attached hydrogens (tertiary/aromatic N) is 3. The molecule has 4 aliphatic heterocycles. The minimum Gasteiger partial charge on any atom is -0.335 e. The van der Waals surface area contributed by atoms with Crippen LogP contribution in [0.25, 0.3) is 22.3 Å². The zero-order valence-corrected chi connectivity index (χ0v) is 38.4. The minimum absolute atomic E-state index is 0.0387. The molecule has 316 valence electrons. The monoisotopic (exact) mass is 831 g/mol. The summed E-state index contributed by atoms with van der Waals surface area (Å²) in [6.07, 6.45) is 9.86. The fraction of sp³-hybridized carbons (Fsp3) is 0.300. The molecule has 0 spiro atoms. The average Bonchev–Trinajstić information content (AvgIpc) is 3.66. The van der Waals surface area contributed by atoms with Gasteiger partial charge in [-0.05, 0) is 151 Å². The molecule has 0 N–H and O–H groups in total. The van der Waals surface area contributed by atoms with Crippen LogP contribution in [0.5, 0.6) is 0 Å². The lowest BCUT2D eigenvalue weighted by molar-refractivity contribution is 0.193. The van der Waals surface area contributed by atoms with Crippen LogP contribution in [0.4, 0.5) is 39.8 Å². The van der Waals surface area contributed by atoms with Gasteiger partial charge in [0, 0.05) is 50.6 Å². The maximum atomic E-state index is 2.92. The predicted octanol–water partition coefficient (Wildman–Crippen LogP) is 13.7. The van der Waals surface area contributed by atoms with Crippen molar-refractivity contribution in [3.63, 3.8) is 0 Å². The third-order valence-corrected chi connectivity index (χ3v) is 18.1. The van der Waals surface area contributed by atoms with Gasteiger partial charge in [0.2, 0.25) is 0 Å². The summed E-state index contributed by atoms with van der Waals surface area (Å²) >= 11 is 0. The Morgan fingerprint density at radius 3 is 1.78 bits per heavy atom. The molecule has 2 aliphatic carbocycles. The zero-order valence-electron chi connectivity index (χ0n) is 38.4. The third kappa shape index (κ3) is 4.85. The maximum Gasteiger partial charge on any atom is 0.252 e. The van der Waals surface area contributed by atoms with E-state index in [1.807, 2.05) is 0 Å². The summed E-state index contributed by atoms with van der Waals surface area (Å²) in [5.74, 6) is 0. The number of aryl methyl sites for hydroxylation is 2. The van der Waals surface area contributed by atoms with Gasteiger partial charge in [0.15, 0.2) is 0 Å². The van der Waals surface area contributed by atoms with Gasteiger partial charge in [-0.25, -0.2) is 0 Å². The summed E-state index contributed by atoms with van der Waals surface area (Å²) in [6.45, 7) is 15.2. The Balaban J connectivity index is 1.13. The quantitative estimate of drug-likeness (QED) is 0.164. The molecule has 4 unspecified atom stereocenters. The molecular formula is C60H58BN3. The second-order valence-electron chi connectivity index (χ2n) is 21.2. The highest BCUT2D eigenvalue weighted by atomic mass is 15.3. The SMILES string of the molecule is Cc1cc(C)c2c(c1)N(c1cc3c4c(c1)N1c5c(cccc5C5(C)CCCCC15C)B4c1cc(-c4ccccc4)ccc1N3c1ccc(-c3ccccc3)cc1)C1(C)CCCCC21C. The fourth-order valence-corrected chi connectivity index (χ4v) is 14.7. The van der Waals surface area contributed by atoms with Gasteiger partial charge in [0.1, 0.15) is 0 Å². The number of hydrogen-bond acceptors (Lipinski definition) is 3. The first-order valence-corrected chi connectivity index (χ1v) is 24.2. The number of para-hydroxylation sites is 1. The van der Waals surface area contributed by atoms with E-state index in [1.54, 1.807) is 11.1 Å². The summed E-state index contributed by atoms with van der Waals surface area (Å²) < 4.78 is 0. The highest BCUT2D eigenvalue weighted by Gasteiger charge is 2.62. The fourth-order valence-electron chi connectivity index (χ4n) is 14.7. The van der Waals surface area contributed by atoms with Crippen LogP contribution in [0, 0.1) is 13.8 Å². The van der Waals surface area contributed by atoms with Crippen molar-refractivity contribution in [3.05, 3.63) is 168 Å². The summed E-state index contributed by atoms with van der Waals surface area (Å²) in [5.41, 5.74) is 24.6. The standard InChI is InChI=1S/C60H58BN3/c1-39-34-40(2)54-51(35-39)63(60(6)33-16-14-31-58(54,60)4)46-37-52-55-53(38-46)64-56-47(57(3)30-13-15-32-59(57,64)5)22-17-23-48(56)61(55)49-36-44(42-20-11-8-12-21-42)26-29-50(49)62(52)45-27-24-43(25-28-45)41-18-9-7-10-19-41/h7-12,17-29,34-38H,13-16,30-33H2,1-6H3. The van der Waals surface area contributed by atoms with E-state index in [4.69, 9.17) is 0 Å². The lowest BCUT2D eigenvalue weighted by atomic mass is 9.33. The number of fused-ring (bicyclic) bond motifs is 10. The van der Waals surface area contributed by atoms with Crippen LogP contribution in [0.3, 0.4) is 0 Å². The van der Waals surface area contributed by atoms with E-state index < -0.39 is 0 Å². The highest BCUT2D eigenvalue weighted by molar-refractivity contribution is 7.00. The van der Waals surface area contributed by atoms with E-state index in [0.29, 0.717) is 0 Å².